The SMILES string of the molecule is COc1ccccc1NC(=O)N(CCCO)C1CC1. The van der Waals surface area contributed by atoms with Crippen molar-refractivity contribution in [2.24, 2.45) is 0 Å². The number of carbonyl (C=O) groups excluding carboxylic acids is 1. The van der Waals surface area contributed by atoms with Gasteiger partial charge in [-0.15, -0.1) is 0 Å². The second-order valence-corrected chi connectivity index (χ2v) is 4.63. The number of benzene rings is 1. The minimum absolute atomic E-state index is 0.102. The summed E-state index contributed by atoms with van der Waals surface area (Å²) in [6.07, 6.45) is 2.70. The van der Waals surface area contributed by atoms with E-state index < -0.39 is 0 Å². The first-order valence-electron chi connectivity index (χ1n) is 6.57. The maximum Gasteiger partial charge on any atom is 0.322 e. The molecule has 19 heavy (non-hydrogen) atoms. The van der Waals surface area contributed by atoms with Crippen LogP contribution in [0, 0.1) is 0 Å². The van der Waals surface area contributed by atoms with Crippen LogP contribution in [0.5, 0.6) is 5.75 Å². The lowest BCUT2D eigenvalue weighted by atomic mass is 10.3. The molecule has 0 bridgehead atoms. The summed E-state index contributed by atoms with van der Waals surface area (Å²) in [4.78, 5) is 14.0. The summed E-state index contributed by atoms with van der Waals surface area (Å²) in [5.74, 6) is 0.647. The third-order valence-corrected chi connectivity index (χ3v) is 3.15. The highest BCUT2D eigenvalue weighted by molar-refractivity contribution is 5.91. The first kappa shape index (κ1) is 13.7. The maximum atomic E-state index is 12.2. The van der Waals surface area contributed by atoms with Crippen LogP contribution in [0.1, 0.15) is 19.3 Å². The van der Waals surface area contributed by atoms with Crippen molar-refractivity contribution in [3.63, 3.8) is 0 Å². The number of carbonyl (C=O) groups is 1. The van der Waals surface area contributed by atoms with E-state index in [4.69, 9.17) is 9.84 Å². The van der Waals surface area contributed by atoms with Crippen LogP contribution in [0.2, 0.25) is 0 Å². The van der Waals surface area contributed by atoms with E-state index in [0.29, 0.717) is 30.4 Å². The number of para-hydroxylation sites is 2. The van der Waals surface area contributed by atoms with Gasteiger partial charge in [-0.3, -0.25) is 0 Å². The summed E-state index contributed by atoms with van der Waals surface area (Å²) >= 11 is 0. The number of aliphatic hydroxyl groups excluding tert-OH is 1. The van der Waals surface area contributed by atoms with Gasteiger partial charge in [-0.2, -0.15) is 0 Å². The molecule has 0 unspecified atom stereocenters. The Hall–Kier alpha value is -1.75. The zero-order valence-electron chi connectivity index (χ0n) is 11.1. The smallest absolute Gasteiger partial charge is 0.322 e. The lowest BCUT2D eigenvalue weighted by Gasteiger charge is -2.23. The van der Waals surface area contributed by atoms with Crippen LogP contribution in [-0.4, -0.2) is 42.3 Å². The molecule has 0 atom stereocenters. The van der Waals surface area contributed by atoms with E-state index >= 15 is 0 Å². The predicted molar refractivity (Wildman–Crippen MR) is 73.4 cm³/mol. The van der Waals surface area contributed by atoms with Crippen LogP contribution >= 0.6 is 0 Å². The third kappa shape index (κ3) is 3.61. The highest BCUT2D eigenvalue weighted by atomic mass is 16.5. The molecule has 0 aromatic heterocycles. The second kappa shape index (κ2) is 6.43. The van der Waals surface area contributed by atoms with Crippen molar-refractivity contribution in [3.8, 4) is 5.75 Å². The number of urea groups is 1. The largest absolute Gasteiger partial charge is 0.495 e. The predicted octanol–water partition coefficient (Wildman–Crippen LogP) is 2.07. The van der Waals surface area contributed by atoms with Gasteiger partial charge in [0, 0.05) is 19.2 Å². The zero-order valence-corrected chi connectivity index (χ0v) is 11.1. The van der Waals surface area contributed by atoms with E-state index in [1.54, 1.807) is 12.0 Å². The van der Waals surface area contributed by atoms with Crippen LogP contribution in [0.15, 0.2) is 24.3 Å². The van der Waals surface area contributed by atoms with Gasteiger partial charge in [-0.1, -0.05) is 12.1 Å². The van der Waals surface area contributed by atoms with Gasteiger partial charge in [-0.05, 0) is 31.4 Å². The number of hydrogen-bond acceptors (Lipinski definition) is 3. The Labute approximate surface area is 113 Å². The molecule has 5 heteroatoms. The maximum absolute atomic E-state index is 12.2. The molecule has 1 saturated carbocycles. The van der Waals surface area contributed by atoms with E-state index in [-0.39, 0.29) is 12.6 Å². The molecule has 1 aromatic carbocycles. The van der Waals surface area contributed by atoms with Gasteiger partial charge in [0.2, 0.25) is 0 Å². The molecule has 0 saturated heterocycles. The molecule has 1 aliphatic carbocycles. The van der Waals surface area contributed by atoms with Gasteiger partial charge in [0.15, 0.2) is 0 Å². The number of ether oxygens (including phenoxy) is 1. The molecule has 1 fully saturated rings. The standard InChI is InChI=1S/C14H20N2O3/c1-19-13-6-3-2-5-12(13)15-14(18)16(9-4-10-17)11-7-8-11/h2-3,5-6,11,17H,4,7-10H2,1H3,(H,15,18). The normalized spacial score (nSPS) is 14.0. The highest BCUT2D eigenvalue weighted by Gasteiger charge is 2.32. The Bertz CT molecular complexity index is 432. The van der Waals surface area contributed by atoms with Crippen molar-refractivity contribution in [3.05, 3.63) is 24.3 Å². The van der Waals surface area contributed by atoms with Gasteiger partial charge in [0.25, 0.3) is 0 Å². The average Bonchev–Trinajstić information content (AvgIpc) is 3.24. The van der Waals surface area contributed by atoms with E-state index in [2.05, 4.69) is 5.32 Å². The summed E-state index contributed by atoms with van der Waals surface area (Å²) in [6.45, 7) is 0.688. The molecular formula is C14H20N2O3. The molecule has 0 radical (unpaired) electrons. The molecule has 2 rings (SSSR count). The summed E-state index contributed by atoms with van der Waals surface area (Å²) in [6, 6.07) is 7.53. The number of nitrogens with zero attached hydrogens (tertiary/aromatic N) is 1. The monoisotopic (exact) mass is 264 g/mol. The van der Waals surface area contributed by atoms with E-state index in [9.17, 15) is 4.79 Å². The lowest BCUT2D eigenvalue weighted by molar-refractivity contribution is 0.198. The molecular weight excluding hydrogens is 244 g/mol. The molecule has 2 amide bonds. The Kier molecular flexibility index (Phi) is 4.63. The number of amides is 2. The fourth-order valence-electron chi connectivity index (χ4n) is 2.01. The number of nitrogens with one attached hydrogen (secondary N) is 1. The summed E-state index contributed by atoms with van der Waals surface area (Å²) in [7, 11) is 1.58. The van der Waals surface area contributed by atoms with Crippen molar-refractivity contribution in [1.82, 2.24) is 4.90 Å². The molecule has 0 heterocycles. The van der Waals surface area contributed by atoms with Gasteiger partial charge in [0.1, 0.15) is 5.75 Å². The zero-order chi connectivity index (χ0) is 13.7. The van der Waals surface area contributed by atoms with Crippen molar-refractivity contribution in [2.75, 3.05) is 25.6 Å². The van der Waals surface area contributed by atoms with Gasteiger partial charge in [0.05, 0.1) is 12.8 Å². The van der Waals surface area contributed by atoms with Crippen LogP contribution in [0.4, 0.5) is 10.5 Å². The molecule has 0 aliphatic heterocycles. The first-order valence-corrected chi connectivity index (χ1v) is 6.57. The fourth-order valence-corrected chi connectivity index (χ4v) is 2.01. The summed E-state index contributed by atoms with van der Waals surface area (Å²) in [5.41, 5.74) is 0.671. The molecule has 1 aliphatic rings. The van der Waals surface area contributed by atoms with Crippen LogP contribution in [0.3, 0.4) is 0 Å². The Balaban J connectivity index is 2.01. The highest BCUT2D eigenvalue weighted by Crippen LogP contribution is 2.29. The first-order chi connectivity index (χ1) is 9.26. The Morgan fingerprint density at radius 3 is 2.84 bits per heavy atom. The number of aliphatic hydroxyl groups is 1. The van der Waals surface area contributed by atoms with Crippen LogP contribution < -0.4 is 10.1 Å². The number of rotatable bonds is 6. The van der Waals surface area contributed by atoms with E-state index in [1.807, 2.05) is 24.3 Å². The van der Waals surface area contributed by atoms with Gasteiger partial charge >= 0.3 is 6.03 Å². The number of anilines is 1. The molecule has 5 nitrogen and oxygen atoms in total. The second-order valence-electron chi connectivity index (χ2n) is 4.63. The van der Waals surface area contributed by atoms with Crippen molar-refractivity contribution in [2.45, 2.75) is 25.3 Å². The number of hydrogen-bond donors (Lipinski definition) is 2. The molecule has 2 N–H and O–H groups in total. The molecule has 1 aromatic rings. The average molecular weight is 264 g/mol. The molecule has 0 spiro atoms. The Morgan fingerprint density at radius 2 is 2.21 bits per heavy atom. The third-order valence-electron chi connectivity index (χ3n) is 3.15. The van der Waals surface area contributed by atoms with E-state index in [0.717, 1.165) is 12.8 Å². The molecule has 104 valence electrons. The lowest BCUT2D eigenvalue weighted by Crippen LogP contribution is -2.37. The van der Waals surface area contributed by atoms with Gasteiger partial charge in [-0.25, -0.2) is 4.79 Å². The number of methoxy groups -OCH3 is 1. The van der Waals surface area contributed by atoms with Crippen molar-refractivity contribution >= 4 is 11.7 Å². The quantitative estimate of drug-likeness (QED) is 0.827. The van der Waals surface area contributed by atoms with E-state index in [1.165, 1.54) is 0 Å². The topological polar surface area (TPSA) is 61.8 Å². The van der Waals surface area contributed by atoms with Crippen LogP contribution in [0.25, 0.3) is 0 Å². The summed E-state index contributed by atoms with van der Waals surface area (Å²) < 4.78 is 5.21. The van der Waals surface area contributed by atoms with Crippen molar-refractivity contribution in [1.29, 1.82) is 0 Å². The summed E-state index contributed by atoms with van der Waals surface area (Å²) in [5, 5.41) is 11.8. The Morgan fingerprint density at radius 1 is 1.47 bits per heavy atom. The van der Waals surface area contributed by atoms with Crippen molar-refractivity contribution < 1.29 is 14.6 Å². The minimum atomic E-state index is -0.125. The van der Waals surface area contributed by atoms with Gasteiger partial charge < -0.3 is 20.1 Å². The minimum Gasteiger partial charge on any atom is -0.495 e. The fraction of sp³-hybridized carbons (Fsp3) is 0.500. The van der Waals surface area contributed by atoms with Crippen LogP contribution in [-0.2, 0) is 0 Å².